The highest BCUT2D eigenvalue weighted by Crippen LogP contribution is 2.48. The van der Waals surface area contributed by atoms with E-state index >= 15 is 0 Å². The van der Waals surface area contributed by atoms with Gasteiger partial charge in [-0.15, -0.1) is 0 Å². The van der Waals surface area contributed by atoms with E-state index in [-0.39, 0.29) is 0 Å². The van der Waals surface area contributed by atoms with Crippen LogP contribution in [0.15, 0.2) is 47.5 Å². The second kappa shape index (κ2) is 4.78. The number of aliphatic imine (C=N–C) groups is 1. The predicted octanol–water partition coefficient (Wildman–Crippen LogP) is 5.16. The molecule has 2 heterocycles. The summed E-state index contributed by atoms with van der Waals surface area (Å²) in [7, 11) is 0. The van der Waals surface area contributed by atoms with Crippen molar-refractivity contribution >= 4 is 28.8 Å². The summed E-state index contributed by atoms with van der Waals surface area (Å²) in [6, 6.07) is 14.1. The SMILES string of the molecule is CC1CCC(N2c3ccccc3Oc3ccc(Cl)cc32)=N1. The van der Waals surface area contributed by atoms with E-state index in [1.54, 1.807) is 0 Å². The van der Waals surface area contributed by atoms with Crippen LogP contribution in [0.4, 0.5) is 11.4 Å². The fraction of sp³-hybridized carbons (Fsp3) is 0.235. The molecule has 1 unspecified atom stereocenters. The van der Waals surface area contributed by atoms with Crippen molar-refractivity contribution in [3.8, 4) is 11.5 Å². The number of anilines is 2. The lowest BCUT2D eigenvalue weighted by Gasteiger charge is -2.32. The highest BCUT2D eigenvalue weighted by Gasteiger charge is 2.30. The molecule has 0 radical (unpaired) electrons. The molecule has 0 N–H and O–H groups in total. The fourth-order valence-electron chi connectivity index (χ4n) is 2.90. The average Bonchev–Trinajstić information content (AvgIpc) is 2.91. The number of fused-ring (bicyclic) bond motifs is 2. The molecule has 21 heavy (non-hydrogen) atoms. The molecular formula is C17H15ClN2O. The molecule has 2 aliphatic heterocycles. The van der Waals surface area contributed by atoms with Crippen molar-refractivity contribution in [2.75, 3.05) is 4.90 Å². The number of para-hydroxylation sites is 2. The number of benzene rings is 2. The first-order chi connectivity index (χ1) is 10.2. The Labute approximate surface area is 128 Å². The van der Waals surface area contributed by atoms with Gasteiger partial charge in [0.25, 0.3) is 0 Å². The summed E-state index contributed by atoms with van der Waals surface area (Å²) < 4.78 is 5.99. The molecule has 0 saturated heterocycles. The Bertz CT molecular complexity index is 741. The van der Waals surface area contributed by atoms with Gasteiger partial charge in [-0.1, -0.05) is 23.7 Å². The van der Waals surface area contributed by atoms with Crippen molar-refractivity contribution in [1.82, 2.24) is 0 Å². The van der Waals surface area contributed by atoms with E-state index in [1.807, 2.05) is 36.4 Å². The molecule has 2 aromatic rings. The van der Waals surface area contributed by atoms with Crippen LogP contribution in [0.1, 0.15) is 19.8 Å². The van der Waals surface area contributed by atoms with E-state index < -0.39 is 0 Å². The minimum Gasteiger partial charge on any atom is -0.453 e. The first-order valence-corrected chi connectivity index (χ1v) is 7.53. The molecule has 0 aromatic heterocycles. The quantitative estimate of drug-likeness (QED) is 0.670. The zero-order valence-electron chi connectivity index (χ0n) is 11.7. The van der Waals surface area contributed by atoms with Gasteiger partial charge in [-0.2, -0.15) is 0 Å². The van der Waals surface area contributed by atoms with Crippen molar-refractivity contribution in [1.29, 1.82) is 0 Å². The summed E-state index contributed by atoms with van der Waals surface area (Å²) in [4.78, 5) is 6.97. The first kappa shape index (κ1) is 12.7. The van der Waals surface area contributed by atoms with Gasteiger partial charge < -0.3 is 4.74 Å². The van der Waals surface area contributed by atoms with Crippen molar-refractivity contribution in [3.63, 3.8) is 0 Å². The van der Waals surface area contributed by atoms with Gasteiger partial charge in [0.2, 0.25) is 0 Å². The van der Waals surface area contributed by atoms with Crippen molar-refractivity contribution in [2.24, 2.45) is 4.99 Å². The predicted molar refractivity (Wildman–Crippen MR) is 86.2 cm³/mol. The number of halogens is 1. The average molecular weight is 299 g/mol. The van der Waals surface area contributed by atoms with E-state index in [1.165, 1.54) is 0 Å². The summed E-state index contributed by atoms with van der Waals surface area (Å²) in [6.45, 7) is 2.15. The second-order valence-electron chi connectivity index (χ2n) is 5.45. The Hall–Kier alpha value is -2.00. The summed E-state index contributed by atoms with van der Waals surface area (Å²) >= 11 is 6.18. The Morgan fingerprint density at radius 2 is 1.95 bits per heavy atom. The first-order valence-electron chi connectivity index (χ1n) is 7.15. The zero-order chi connectivity index (χ0) is 14.4. The van der Waals surface area contributed by atoms with E-state index in [0.29, 0.717) is 11.1 Å². The van der Waals surface area contributed by atoms with Crippen LogP contribution in [0.5, 0.6) is 11.5 Å². The standard InChI is InChI=1S/C17H15ClN2O/c1-11-6-9-17(19-11)20-13-4-2-3-5-15(13)21-16-8-7-12(18)10-14(16)20/h2-5,7-8,10-11H,6,9H2,1H3. The van der Waals surface area contributed by atoms with E-state index in [4.69, 9.17) is 21.3 Å². The van der Waals surface area contributed by atoms with Gasteiger partial charge in [0, 0.05) is 17.5 Å². The van der Waals surface area contributed by atoms with E-state index in [2.05, 4.69) is 17.9 Å². The molecule has 4 heteroatoms. The Balaban J connectivity index is 1.92. The lowest BCUT2D eigenvalue weighted by molar-refractivity contribution is 0.477. The number of hydrogen-bond donors (Lipinski definition) is 0. The second-order valence-corrected chi connectivity index (χ2v) is 5.89. The van der Waals surface area contributed by atoms with Gasteiger partial charge in [0.05, 0.1) is 11.4 Å². The summed E-state index contributed by atoms with van der Waals surface area (Å²) in [5.41, 5.74) is 1.99. The molecule has 1 atom stereocenters. The van der Waals surface area contributed by atoms with Crippen LogP contribution < -0.4 is 9.64 Å². The Morgan fingerprint density at radius 3 is 2.76 bits per heavy atom. The molecule has 3 nitrogen and oxygen atoms in total. The normalized spacial score (nSPS) is 19.6. The molecule has 0 aliphatic carbocycles. The van der Waals surface area contributed by atoms with Gasteiger partial charge in [0.1, 0.15) is 5.84 Å². The van der Waals surface area contributed by atoms with E-state index in [9.17, 15) is 0 Å². The molecule has 0 fully saturated rings. The number of rotatable bonds is 0. The third-order valence-corrected chi connectivity index (χ3v) is 4.14. The maximum Gasteiger partial charge on any atom is 0.151 e. The lowest BCUT2D eigenvalue weighted by Crippen LogP contribution is -2.27. The monoisotopic (exact) mass is 298 g/mol. The minimum absolute atomic E-state index is 0.373. The molecule has 0 saturated carbocycles. The van der Waals surface area contributed by atoms with Crippen LogP contribution in [0.3, 0.4) is 0 Å². The summed E-state index contributed by atoms with van der Waals surface area (Å²) in [5.74, 6) is 2.76. The van der Waals surface area contributed by atoms with Gasteiger partial charge in [0.15, 0.2) is 11.5 Å². The largest absolute Gasteiger partial charge is 0.453 e. The van der Waals surface area contributed by atoms with Gasteiger partial charge in [-0.3, -0.25) is 9.89 Å². The van der Waals surface area contributed by atoms with Gasteiger partial charge >= 0.3 is 0 Å². The third-order valence-electron chi connectivity index (χ3n) is 3.90. The van der Waals surface area contributed by atoms with Crippen molar-refractivity contribution in [2.45, 2.75) is 25.8 Å². The Kier molecular flexibility index (Phi) is 2.89. The topological polar surface area (TPSA) is 24.8 Å². The summed E-state index contributed by atoms with van der Waals surface area (Å²) in [6.07, 6.45) is 2.06. The van der Waals surface area contributed by atoms with Gasteiger partial charge in [-0.05, 0) is 43.7 Å². The maximum atomic E-state index is 6.18. The molecule has 0 amide bonds. The smallest absolute Gasteiger partial charge is 0.151 e. The Morgan fingerprint density at radius 1 is 1.14 bits per heavy atom. The lowest BCUT2D eigenvalue weighted by atomic mass is 10.1. The van der Waals surface area contributed by atoms with Crippen LogP contribution in [0.25, 0.3) is 0 Å². The van der Waals surface area contributed by atoms with Gasteiger partial charge in [-0.25, -0.2) is 0 Å². The minimum atomic E-state index is 0.373. The highest BCUT2D eigenvalue weighted by molar-refractivity contribution is 6.31. The molecule has 106 valence electrons. The number of amidine groups is 1. The molecule has 2 aliphatic rings. The van der Waals surface area contributed by atoms with Crippen LogP contribution in [0.2, 0.25) is 5.02 Å². The maximum absolute atomic E-state index is 6.18. The third kappa shape index (κ3) is 2.09. The molecule has 2 aromatic carbocycles. The molecule has 0 bridgehead atoms. The van der Waals surface area contributed by atoms with Crippen molar-refractivity contribution in [3.05, 3.63) is 47.5 Å². The van der Waals surface area contributed by atoms with Crippen LogP contribution in [-0.2, 0) is 0 Å². The summed E-state index contributed by atoms with van der Waals surface area (Å²) in [5, 5.41) is 0.702. The van der Waals surface area contributed by atoms with Crippen LogP contribution in [0, 0.1) is 0 Å². The van der Waals surface area contributed by atoms with Crippen LogP contribution >= 0.6 is 11.6 Å². The molecular weight excluding hydrogens is 284 g/mol. The fourth-order valence-corrected chi connectivity index (χ4v) is 3.06. The number of nitrogens with zero attached hydrogens (tertiary/aromatic N) is 2. The number of hydrogen-bond acceptors (Lipinski definition) is 3. The number of ether oxygens (including phenoxy) is 1. The van der Waals surface area contributed by atoms with E-state index in [0.717, 1.165) is 41.6 Å². The van der Waals surface area contributed by atoms with Crippen molar-refractivity contribution < 1.29 is 4.74 Å². The zero-order valence-corrected chi connectivity index (χ0v) is 12.5. The molecule has 4 rings (SSSR count). The molecule has 0 spiro atoms. The van der Waals surface area contributed by atoms with Crippen LogP contribution in [-0.4, -0.2) is 11.9 Å². The highest BCUT2D eigenvalue weighted by atomic mass is 35.5.